The zero-order valence-electron chi connectivity index (χ0n) is 45.4. The molecule has 0 aliphatic heterocycles. The molecule has 11 aromatic rings. The van der Waals surface area contributed by atoms with E-state index < -0.39 is 12.3 Å². The fourth-order valence-electron chi connectivity index (χ4n) is 9.92. The molecule has 11 rings (SSSR count). The summed E-state index contributed by atoms with van der Waals surface area (Å²) in [7, 11) is 0. The number of phenolic OH excluding ortho intramolecular Hbond substituents is 1. The minimum atomic E-state index is -2.44. The van der Waals surface area contributed by atoms with Gasteiger partial charge in [-0.05, 0) is 104 Å². The van der Waals surface area contributed by atoms with E-state index in [1.54, 1.807) is 0 Å². The fourth-order valence-corrected chi connectivity index (χ4v) is 9.92. The average Bonchev–Trinajstić information content (AvgIpc) is 4.02. The second-order valence-electron chi connectivity index (χ2n) is 20.9. The van der Waals surface area contributed by atoms with E-state index in [-0.39, 0.29) is 37.8 Å². The van der Waals surface area contributed by atoms with Crippen molar-refractivity contribution in [2.24, 2.45) is 0 Å². The van der Waals surface area contributed by atoms with Crippen LogP contribution >= 0.6 is 0 Å². The van der Waals surface area contributed by atoms with Gasteiger partial charge in [-0.2, -0.15) is 0 Å². The van der Waals surface area contributed by atoms with Crippen molar-refractivity contribution in [1.82, 2.24) is 14.5 Å². The van der Waals surface area contributed by atoms with Gasteiger partial charge in [-0.25, -0.2) is 4.98 Å². The molecule has 0 spiro atoms. The van der Waals surface area contributed by atoms with E-state index >= 15 is 0 Å². The second-order valence-corrected chi connectivity index (χ2v) is 20.9. The van der Waals surface area contributed by atoms with Gasteiger partial charge >= 0.3 is 0 Å². The summed E-state index contributed by atoms with van der Waals surface area (Å²) in [4.78, 5) is 10.7. The Bertz CT molecular complexity index is 3920. The Morgan fingerprint density at radius 1 is 0.473 bits per heavy atom. The number of aromatic hydroxyl groups is 1. The number of aryl methyl sites for hydroxylation is 1. The Kier molecular flexibility index (Phi) is 12.5. The van der Waals surface area contributed by atoms with Gasteiger partial charge in [-0.15, -0.1) is 23.8 Å². The van der Waals surface area contributed by atoms with E-state index in [9.17, 15) is 5.11 Å². The summed E-state index contributed by atoms with van der Waals surface area (Å²) in [5.41, 5.74) is 16.7. The van der Waals surface area contributed by atoms with Gasteiger partial charge in [0.05, 0.1) is 22.3 Å². The molecular weight excluding hydrogens is 1080 g/mol. The summed E-state index contributed by atoms with van der Waals surface area (Å²) >= 11 is 0. The molecule has 4 nitrogen and oxygen atoms in total. The third-order valence-electron chi connectivity index (χ3n) is 13.9. The van der Waals surface area contributed by atoms with Crippen molar-refractivity contribution in [3.8, 4) is 101 Å². The minimum absolute atomic E-state index is 0. The SMILES string of the molecule is [2H]C([2H])([2H])c1cc(-c2ccccc2)c(-n2c(-c3cc(C(C)(C)C)cc(C(C)(C)C)c3O)nc3c(-c4[c-]c(-c5cc(-c6ccc(-c7ccccc7)cc6)ccn5)cc(-c5ccccc5)c4)cccc32)cc1-c1ccccc1.[Pt]. The normalized spacial score (nSPS) is 12.4. The number of hydrogen-bond donors (Lipinski definition) is 1. The van der Waals surface area contributed by atoms with Crippen LogP contribution in [0.15, 0.2) is 219 Å². The molecule has 0 aliphatic rings. The molecule has 0 saturated heterocycles. The number of para-hydroxylation sites is 1. The number of imidazole rings is 1. The Morgan fingerprint density at radius 3 is 1.62 bits per heavy atom. The number of benzene rings is 9. The molecule has 0 amide bonds. The van der Waals surface area contributed by atoms with Crippen molar-refractivity contribution < 1.29 is 30.3 Å². The van der Waals surface area contributed by atoms with E-state index in [0.29, 0.717) is 33.7 Å². The molecule has 9 aromatic carbocycles. The van der Waals surface area contributed by atoms with Crippen molar-refractivity contribution in [2.75, 3.05) is 0 Å². The van der Waals surface area contributed by atoms with Crippen LogP contribution in [0.3, 0.4) is 0 Å². The number of aromatic nitrogens is 3. The standard InChI is InChI=1S/C69H58N3O.Pt/c1-45-37-59(51-27-18-11-19-28-51)64(44-58(45)50-25-16-10-17-26-50)72-63-30-20-29-57(65(63)71-67(72)60-42-56(68(2,3)4)43-61(66(60)73)69(5,6)7)54-38-53(47-23-14-9-15-24-47)39-55(40-54)62-41-52(35-36-70-62)49-33-31-48(32-34-49)46-21-12-8-13-22-46;/h8-39,41-44,73H,1-7H3;/q-1;/i1D3;. The van der Waals surface area contributed by atoms with E-state index in [2.05, 4.69) is 155 Å². The minimum Gasteiger partial charge on any atom is -0.507 e. The zero-order chi connectivity index (χ0) is 52.9. The number of hydrogen-bond acceptors (Lipinski definition) is 3. The molecule has 2 aromatic heterocycles. The van der Waals surface area contributed by atoms with Gasteiger partial charge in [0.25, 0.3) is 0 Å². The van der Waals surface area contributed by atoms with Gasteiger partial charge in [0, 0.05) is 48.2 Å². The molecule has 2 heterocycles. The number of fused-ring (bicyclic) bond motifs is 1. The molecule has 0 saturated carbocycles. The molecule has 0 fully saturated rings. The van der Waals surface area contributed by atoms with Crippen molar-refractivity contribution in [1.29, 1.82) is 0 Å². The topological polar surface area (TPSA) is 50.9 Å². The monoisotopic (exact) mass is 1140 g/mol. The molecule has 0 aliphatic carbocycles. The van der Waals surface area contributed by atoms with Crippen LogP contribution in [0.2, 0.25) is 0 Å². The molecule has 1 N–H and O–H groups in total. The summed E-state index contributed by atoms with van der Waals surface area (Å²) in [5, 5.41) is 12.8. The summed E-state index contributed by atoms with van der Waals surface area (Å²) in [6, 6.07) is 75.6. The summed E-state index contributed by atoms with van der Waals surface area (Å²) in [6.45, 7) is 10.5. The van der Waals surface area contributed by atoms with Crippen molar-refractivity contribution in [3.63, 3.8) is 0 Å². The molecule has 74 heavy (non-hydrogen) atoms. The first-order chi connectivity index (χ1) is 36.5. The first-order valence-corrected chi connectivity index (χ1v) is 24.9. The molecule has 366 valence electrons. The number of rotatable bonds is 9. The molecule has 0 radical (unpaired) electrons. The Labute approximate surface area is 454 Å². The smallest absolute Gasteiger partial charge is 0.148 e. The van der Waals surface area contributed by atoms with Crippen LogP contribution in [-0.4, -0.2) is 19.6 Å². The van der Waals surface area contributed by atoms with E-state index in [1.165, 1.54) is 5.56 Å². The average molecular weight is 1140 g/mol. The summed E-state index contributed by atoms with van der Waals surface area (Å²) < 4.78 is 28.9. The molecule has 0 atom stereocenters. The maximum atomic E-state index is 12.8. The zero-order valence-corrected chi connectivity index (χ0v) is 44.7. The van der Waals surface area contributed by atoms with Gasteiger partial charge in [-0.1, -0.05) is 228 Å². The molecule has 0 bridgehead atoms. The van der Waals surface area contributed by atoms with Crippen LogP contribution in [0.25, 0.3) is 106 Å². The maximum Gasteiger partial charge on any atom is 0.148 e. The Morgan fingerprint density at radius 2 is 1.03 bits per heavy atom. The first kappa shape index (κ1) is 45.9. The molecular formula is C69H58N3OPt-. The predicted octanol–water partition coefficient (Wildman–Crippen LogP) is 18.2. The van der Waals surface area contributed by atoms with Gasteiger partial charge in [0.1, 0.15) is 11.6 Å². The van der Waals surface area contributed by atoms with Crippen molar-refractivity contribution in [2.45, 2.75) is 59.2 Å². The number of nitrogens with zero attached hydrogens (tertiary/aromatic N) is 3. The van der Waals surface area contributed by atoms with Gasteiger partial charge in [0.2, 0.25) is 0 Å². The summed E-state index contributed by atoms with van der Waals surface area (Å²) in [5.74, 6) is 0.657. The molecule has 5 heteroatoms. The summed E-state index contributed by atoms with van der Waals surface area (Å²) in [6.07, 6.45) is 1.86. The van der Waals surface area contributed by atoms with Gasteiger partial charge in [0.15, 0.2) is 0 Å². The Hall–Kier alpha value is -7.91. The maximum absolute atomic E-state index is 12.8. The van der Waals surface area contributed by atoms with E-state index in [0.717, 1.165) is 78.0 Å². The van der Waals surface area contributed by atoms with Crippen LogP contribution in [0.5, 0.6) is 5.75 Å². The number of phenols is 1. The van der Waals surface area contributed by atoms with Crippen LogP contribution in [-0.2, 0) is 31.9 Å². The Balaban J connectivity index is 0.00000672. The van der Waals surface area contributed by atoms with Crippen LogP contribution < -0.4 is 0 Å². The van der Waals surface area contributed by atoms with Crippen LogP contribution in [0.4, 0.5) is 0 Å². The van der Waals surface area contributed by atoms with Crippen LogP contribution in [0.1, 0.15) is 62.3 Å². The predicted molar refractivity (Wildman–Crippen MR) is 305 cm³/mol. The van der Waals surface area contributed by atoms with Crippen molar-refractivity contribution in [3.05, 3.63) is 241 Å². The largest absolute Gasteiger partial charge is 0.507 e. The third kappa shape index (κ3) is 9.71. The quantitative estimate of drug-likeness (QED) is 0.147. The van der Waals surface area contributed by atoms with Crippen molar-refractivity contribution >= 4 is 11.0 Å². The van der Waals surface area contributed by atoms with Gasteiger partial charge in [-0.3, -0.25) is 9.55 Å². The fraction of sp³-hybridized carbons (Fsp3) is 0.130. The second kappa shape index (κ2) is 20.2. The number of pyridine rings is 1. The molecule has 0 unspecified atom stereocenters. The van der Waals surface area contributed by atoms with E-state index in [1.807, 2.05) is 115 Å². The van der Waals surface area contributed by atoms with Gasteiger partial charge < -0.3 is 5.11 Å². The van der Waals surface area contributed by atoms with E-state index in [4.69, 9.17) is 14.1 Å². The first-order valence-electron chi connectivity index (χ1n) is 26.4. The van der Waals surface area contributed by atoms with Crippen LogP contribution in [0, 0.1) is 12.9 Å². The third-order valence-corrected chi connectivity index (χ3v) is 13.9.